The van der Waals surface area contributed by atoms with Crippen LogP contribution in [0.4, 0.5) is 14.9 Å². The number of nitrogens with one attached hydrogen (secondary N) is 2. The molecule has 1 fully saturated rings. The van der Waals surface area contributed by atoms with Crippen LogP contribution >= 0.6 is 0 Å². The number of rotatable bonds is 7. The van der Waals surface area contributed by atoms with Crippen molar-refractivity contribution in [3.05, 3.63) is 59.9 Å². The predicted octanol–water partition coefficient (Wildman–Crippen LogP) is 3.83. The summed E-state index contributed by atoms with van der Waals surface area (Å²) < 4.78 is 18.1. The van der Waals surface area contributed by atoms with Gasteiger partial charge in [0.2, 0.25) is 5.91 Å². The molecule has 0 aromatic heterocycles. The third-order valence-corrected chi connectivity index (χ3v) is 5.38. The molecule has 1 heterocycles. The maximum absolute atomic E-state index is 13.0. The van der Waals surface area contributed by atoms with Crippen molar-refractivity contribution < 1.29 is 18.7 Å². The van der Waals surface area contributed by atoms with Crippen molar-refractivity contribution in [1.29, 1.82) is 0 Å². The summed E-state index contributed by atoms with van der Waals surface area (Å²) in [5.74, 6) is 0.882. The highest BCUT2D eigenvalue weighted by atomic mass is 19.1. The number of nitrogens with zero attached hydrogens (tertiary/aromatic N) is 1. The van der Waals surface area contributed by atoms with E-state index in [1.54, 1.807) is 24.1 Å². The molecule has 3 rings (SSSR count). The SMILES string of the molecule is COc1ccc(CCC(=O)NCC2CCN(C(=O)Nc3ccc(F)cc3)CC2)cc1. The third kappa shape index (κ3) is 6.47. The zero-order valence-electron chi connectivity index (χ0n) is 17.2. The smallest absolute Gasteiger partial charge is 0.321 e. The van der Waals surface area contributed by atoms with Gasteiger partial charge in [-0.3, -0.25) is 4.79 Å². The van der Waals surface area contributed by atoms with Gasteiger partial charge in [0.25, 0.3) is 0 Å². The van der Waals surface area contributed by atoms with Crippen LogP contribution in [-0.2, 0) is 11.2 Å². The van der Waals surface area contributed by atoms with Crippen LogP contribution in [0, 0.1) is 11.7 Å². The first-order valence-corrected chi connectivity index (χ1v) is 10.2. The Morgan fingerprint density at radius 3 is 2.37 bits per heavy atom. The van der Waals surface area contributed by atoms with E-state index in [1.807, 2.05) is 24.3 Å². The van der Waals surface area contributed by atoms with E-state index in [4.69, 9.17) is 4.74 Å². The van der Waals surface area contributed by atoms with Crippen molar-refractivity contribution in [3.63, 3.8) is 0 Å². The van der Waals surface area contributed by atoms with Gasteiger partial charge >= 0.3 is 6.03 Å². The van der Waals surface area contributed by atoms with Crippen LogP contribution in [0.1, 0.15) is 24.8 Å². The molecular weight excluding hydrogens is 385 g/mol. The molecule has 30 heavy (non-hydrogen) atoms. The van der Waals surface area contributed by atoms with Gasteiger partial charge in [-0.2, -0.15) is 0 Å². The molecule has 0 spiro atoms. The molecule has 0 saturated carbocycles. The summed E-state index contributed by atoms with van der Waals surface area (Å²) in [4.78, 5) is 26.2. The second-order valence-corrected chi connectivity index (χ2v) is 7.52. The number of halogens is 1. The quantitative estimate of drug-likeness (QED) is 0.725. The van der Waals surface area contributed by atoms with Crippen LogP contribution < -0.4 is 15.4 Å². The molecular formula is C23H28FN3O3. The molecule has 1 aliphatic heterocycles. The summed E-state index contributed by atoms with van der Waals surface area (Å²) in [6.07, 6.45) is 2.83. The van der Waals surface area contributed by atoms with E-state index >= 15 is 0 Å². The number of anilines is 1. The highest BCUT2D eigenvalue weighted by Gasteiger charge is 2.23. The van der Waals surface area contributed by atoms with Gasteiger partial charge < -0.3 is 20.3 Å². The van der Waals surface area contributed by atoms with Gasteiger partial charge in [-0.1, -0.05) is 12.1 Å². The largest absolute Gasteiger partial charge is 0.497 e. The lowest BCUT2D eigenvalue weighted by Crippen LogP contribution is -2.43. The highest BCUT2D eigenvalue weighted by molar-refractivity contribution is 5.89. The molecule has 0 aliphatic carbocycles. The lowest BCUT2D eigenvalue weighted by atomic mass is 9.97. The lowest BCUT2D eigenvalue weighted by molar-refractivity contribution is -0.121. The minimum absolute atomic E-state index is 0.0438. The molecule has 0 radical (unpaired) electrons. The monoisotopic (exact) mass is 413 g/mol. The van der Waals surface area contributed by atoms with Crippen molar-refractivity contribution in [2.75, 3.05) is 32.1 Å². The van der Waals surface area contributed by atoms with E-state index in [1.165, 1.54) is 12.1 Å². The maximum atomic E-state index is 13.0. The Hall–Kier alpha value is -3.09. The van der Waals surface area contributed by atoms with Gasteiger partial charge in [0.05, 0.1) is 7.11 Å². The number of piperidine rings is 1. The van der Waals surface area contributed by atoms with Crippen LogP contribution in [-0.4, -0.2) is 43.6 Å². The first-order valence-electron chi connectivity index (χ1n) is 10.2. The summed E-state index contributed by atoms with van der Waals surface area (Å²) in [6.45, 7) is 1.91. The van der Waals surface area contributed by atoms with Gasteiger partial charge in [-0.15, -0.1) is 0 Å². The highest BCUT2D eigenvalue weighted by Crippen LogP contribution is 2.18. The molecule has 0 bridgehead atoms. The summed E-state index contributed by atoms with van der Waals surface area (Å²) in [7, 11) is 1.63. The van der Waals surface area contributed by atoms with Crippen molar-refractivity contribution in [2.45, 2.75) is 25.7 Å². The Balaban J connectivity index is 1.33. The van der Waals surface area contributed by atoms with Gasteiger partial charge in [-0.25, -0.2) is 9.18 Å². The minimum atomic E-state index is -0.333. The minimum Gasteiger partial charge on any atom is -0.497 e. The molecule has 0 unspecified atom stereocenters. The van der Waals surface area contributed by atoms with Crippen LogP contribution in [0.5, 0.6) is 5.75 Å². The normalized spacial score (nSPS) is 14.3. The predicted molar refractivity (Wildman–Crippen MR) is 114 cm³/mol. The van der Waals surface area contributed by atoms with E-state index in [0.29, 0.717) is 44.1 Å². The second kappa shape index (κ2) is 10.6. The van der Waals surface area contributed by atoms with Gasteiger partial charge in [0, 0.05) is 31.7 Å². The Morgan fingerprint density at radius 1 is 1.07 bits per heavy atom. The molecule has 2 N–H and O–H groups in total. The number of carbonyl (C=O) groups excluding carboxylic acids is 2. The average Bonchev–Trinajstić information content (AvgIpc) is 2.78. The Morgan fingerprint density at radius 2 is 1.73 bits per heavy atom. The van der Waals surface area contributed by atoms with Crippen molar-refractivity contribution >= 4 is 17.6 Å². The van der Waals surface area contributed by atoms with E-state index in [9.17, 15) is 14.0 Å². The van der Waals surface area contributed by atoms with Gasteiger partial charge in [0.15, 0.2) is 0 Å². The number of ether oxygens (including phenoxy) is 1. The number of urea groups is 1. The zero-order valence-corrected chi connectivity index (χ0v) is 17.2. The number of hydrogen-bond acceptors (Lipinski definition) is 3. The summed E-state index contributed by atoms with van der Waals surface area (Å²) in [5, 5.41) is 5.80. The third-order valence-electron chi connectivity index (χ3n) is 5.38. The number of aryl methyl sites for hydroxylation is 1. The lowest BCUT2D eigenvalue weighted by Gasteiger charge is -2.32. The van der Waals surface area contributed by atoms with Gasteiger partial charge in [-0.05, 0) is 67.1 Å². The van der Waals surface area contributed by atoms with Crippen LogP contribution in [0.25, 0.3) is 0 Å². The Labute approximate surface area is 176 Å². The summed E-state index contributed by atoms with van der Waals surface area (Å²) in [5.41, 5.74) is 1.68. The fourth-order valence-electron chi connectivity index (χ4n) is 3.47. The molecule has 1 aliphatic rings. The molecule has 3 amide bonds. The van der Waals surface area contributed by atoms with E-state index in [2.05, 4.69) is 10.6 Å². The maximum Gasteiger partial charge on any atom is 0.321 e. The number of carbonyl (C=O) groups is 2. The molecule has 160 valence electrons. The van der Waals surface area contributed by atoms with E-state index < -0.39 is 0 Å². The van der Waals surface area contributed by atoms with Crippen molar-refractivity contribution in [1.82, 2.24) is 10.2 Å². The molecule has 2 aromatic rings. The summed E-state index contributed by atoms with van der Waals surface area (Å²) in [6, 6.07) is 13.3. The van der Waals surface area contributed by atoms with Crippen LogP contribution in [0.2, 0.25) is 0 Å². The van der Waals surface area contributed by atoms with Crippen LogP contribution in [0.15, 0.2) is 48.5 Å². The molecule has 2 aromatic carbocycles. The van der Waals surface area contributed by atoms with Gasteiger partial charge in [0.1, 0.15) is 11.6 Å². The first-order chi connectivity index (χ1) is 14.5. The number of likely N-dealkylation sites (tertiary alicyclic amines) is 1. The molecule has 0 atom stereocenters. The fraction of sp³-hybridized carbons (Fsp3) is 0.391. The van der Waals surface area contributed by atoms with Crippen molar-refractivity contribution in [3.8, 4) is 5.75 Å². The zero-order chi connectivity index (χ0) is 21.3. The van der Waals surface area contributed by atoms with Crippen molar-refractivity contribution in [2.24, 2.45) is 5.92 Å². The molecule has 1 saturated heterocycles. The van der Waals surface area contributed by atoms with E-state index in [-0.39, 0.29) is 17.8 Å². The number of amides is 3. The summed E-state index contributed by atoms with van der Waals surface area (Å²) >= 11 is 0. The number of hydrogen-bond donors (Lipinski definition) is 2. The number of benzene rings is 2. The number of methoxy groups -OCH3 is 1. The average molecular weight is 413 g/mol. The fourth-order valence-corrected chi connectivity index (χ4v) is 3.47. The first kappa shape index (κ1) is 21.6. The van der Waals surface area contributed by atoms with Crippen LogP contribution in [0.3, 0.4) is 0 Å². The molecule has 6 nitrogen and oxygen atoms in total. The van der Waals surface area contributed by atoms with E-state index in [0.717, 1.165) is 24.2 Å². The topological polar surface area (TPSA) is 70.7 Å². The Kier molecular flexibility index (Phi) is 7.65. The molecule has 7 heteroatoms. The second-order valence-electron chi connectivity index (χ2n) is 7.52. The standard InChI is InChI=1S/C23H28FN3O3/c1-30-21-9-2-17(3-10-21)4-11-22(28)25-16-18-12-14-27(15-13-18)23(29)26-20-7-5-19(24)6-8-20/h2-3,5-10,18H,4,11-16H2,1H3,(H,25,28)(H,26,29). The Bertz CT molecular complexity index is 832.